The summed E-state index contributed by atoms with van der Waals surface area (Å²) in [4.78, 5) is 0. The van der Waals surface area contributed by atoms with Crippen LogP contribution in [0.1, 0.15) is 23.5 Å². The Morgan fingerprint density at radius 2 is 2.15 bits per heavy atom. The van der Waals surface area contributed by atoms with Gasteiger partial charge in [-0.3, -0.25) is 0 Å². The van der Waals surface area contributed by atoms with Crippen molar-refractivity contribution in [3.05, 3.63) is 33.3 Å². The Labute approximate surface area is 87.8 Å². The highest BCUT2D eigenvalue weighted by Crippen LogP contribution is 2.39. The van der Waals surface area contributed by atoms with Crippen molar-refractivity contribution in [2.45, 2.75) is 18.8 Å². The number of hydrogen-bond donors (Lipinski definition) is 1. The van der Waals surface area contributed by atoms with E-state index in [9.17, 15) is 0 Å². The van der Waals surface area contributed by atoms with Gasteiger partial charge < -0.3 is 5.73 Å². The fourth-order valence-electron chi connectivity index (χ4n) is 1.96. The lowest BCUT2D eigenvalue weighted by atomic mass is 10.0. The average molecular weight is 216 g/mol. The fraction of sp³-hybridized carbons (Fsp3) is 0.400. The van der Waals surface area contributed by atoms with Gasteiger partial charge >= 0.3 is 0 Å². The summed E-state index contributed by atoms with van der Waals surface area (Å²) in [6, 6.07) is 3.91. The van der Waals surface area contributed by atoms with Crippen molar-refractivity contribution in [2.24, 2.45) is 5.73 Å². The van der Waals surface area contributed by atoms with E-state index in [1.165, 1.54) is 11.1 Å². The van der Waals surface area contributed by atoms with Crippen molar-refractivity contribution in [3.8, 4) is 0 Å². The van der Waals surface area contributed by atoms with E-state index in [4.69, 9.17) is 28.9 Å². The predicted molar refractivity (Wildman–Crippen MR) is 56.6 cm³/mol. The highest BCUT2D eigenvalue weighted by Gasteiger charge is 2.23. The van der Waals surface area contributed by atoms with E-state index in [0.717, 1.165) is 17.9 Å². The zero-order chi connectivity index (χ0) is 9.42. The van der Waals surface area contributed by atoms with Crippen molar-refractivity contribution >= 4 is 23.2 Å². The maximum atomic E-state index is 6.09. The summed E-state index contributed by atoms with van der Waals surface area (Å²) in [7, 11) is 0. The molecule has 0 aromatic heterocycles. The lowest BCUT2D eigenvalue weighted by Gasteiger charge is -2.08. The molecule has 1 aliphatic carbocycles. The first-order chi connectivity index (χ1) is 6.24. The minimum atomic E-state index is 0.477. The third-order valence-corrected chi connectivity index (χ3v) is 3.54. The van der Waals surface area contributed by atoms with Gasteiger partial charge in [0.05, 0.1) is 10.0 Å². The van der Waals surface area contributed by atoms with Gasteiger partial charge in [0, 0.05) is 0 Å². The molecule has 1 aliphatic rings. The molecule has 0 amide bonds. The Morgan fingerprint density at radius 1 is 1.38 bits per heavy atom. The summed E-state index contributed by atoms with van der Waals surface area (Å²) < 4.78 is 0. The largest absolute Gasteiger partial charge is 0.330 e. The maximum absolute atomic E-state index is 6.09. The number of benzene rings is 1. The standard InChI is InChI=1S/C10H11Cl2N/c11-9-4-3-7-6(5-13)1-2-8(7)10(9)12/h3-4,6H,1-2,5,13H2. The molecule has 1 atom stereocenters. The number of hydrogen-bond acceptors (Lipinski definition) is 1. The molecule has 0 heterocycles. The molecule has 2 rings (SSSR count). The number of halogens is 2. The summed E-state index contributed by atoms with van der Waals surface area (Å²) in [5.74, 6) is 0.477. The van der Waals surface area contributed by atoms with Crippen LogP contribution in [0.25, 0.3) is 0 Å². The minimum Gasteiger partial charge on any atom is -0.330 e. The van der Waals surface area contributed by atoms with Crippen LogP contribution in [0.4, 0.5) is 0 Å². The molecule has 0 saturated heterocycles. The molecule has 70 valence electrons. The second-order valence-corrected chi connectivity index (χ2v) is 4.19. The molecule has 0 aliphatic heterocycles. The second kappa shape index (κ2) is 3.49. The molecule has 0 radical (unpaired) electrons. The third-order valence-electron chi connectivity index (χ3n) is 2.70. The van der Waals surface area contributed by atoms with Gasteiger partial charge in [-0.05, 0) is 42.5 Å². The van der Waals surface area contributed by atoms with Gasteiger partial charge in [-0.1, -0.05) is 29.3 Å². The summed E-state index contributed by atoms with van der Waals surface area (Å²) in [6.45, 7) is 0.699. The average Bonchev–Trinajstić information content (AvgIpc) is 2.55. The molecule has 1 unspecified atom stereocenters. The van der Waals surface area contributed by atoms with Crippen LogP contribution in [0.15, 0.2) is 12.1 Å². The lowest BCUT2D eigenvalue weighted by molar-refractivity contribution is 0.688. The lowest BCUT2D eigenvalue weighted by Crippen LogP contribution is -2.09. The number of fused-ring (bicyclic) bond motifs is 1. The minimum absolute atomic E-state index is 0.477. The first-order valence-corrected chi connectivity index (χ1v) is 5.16. The first-order valence-electron chi connectivity index (χ1n) is 4.41. The van der Waals surface area contributed by atoms with Crippen molar-refractivity contribution in [1.29, 1.82) is 0 Å². The molecule has 1 aromatic carbocycles. The topological polar surface area (TPSA) is 26.0 Å². The summed E-state index contributed by atoms with van der Waals surface area (Å²) >= 11 is 12.0. The number of rotatable bonds is 1. The van der Waals surface area contributed by atoms with Crippen LogP contribution in [-0.4, -0.2) is 6.54 Å². The molecule has 0 fully saturated rings. The Bertz CT molecular complexity index is 336. The normalized spacial score (nSPS) is 20.4. The molecule has 0 spiro atoms. The molecule has 1 aromatic rings. The van der Waals surface area contributed by atoms with E-state index in [0.29, 0.717) is 17.5 Å². The number of nitrogens with two attached hydrogens (primary N) is 1. The van der Waals surface area contributed by atoms with E-state index in [-0.39, 0.29) is 0 Å². The molecule has 13 heavy (non-hydrogen) atoms. The monoisotopic (exact) mass is 215 g/mol. The third kappa shape index (κ3) is 1.45. The zero-order valence-corrected chi connectivity index (χ0v) is 8.70. The zero-order valence-electron chi connectivity index (χ0n) is 7.19. The Morgan fingerprint density at radius 3 is 2.85 bits per heavy atom. The second-order valence-electron chi connectivity index (χ2n) is 3.40. The Kier molecular flexibility index (Phi) is 2.50. The molecular formula is C10H11Cl2N. The van der Waals surface area contributed by atoms with Crippen molar-refractivity contribution in [3.63, 3.8) is 0 Å². The smallest absolute Gasteiger partial charge is 0.0627 e. The van der Waals surface area contributed by atoms with Crippen LogP contribution in [0.5, 0.6) is 0 Å². The molecule has 0 saturated carbocycles. The SMILES string of the molecule is NCC1CCc2c1ccc(Cl)c2Cl. The molecular weight excluding hydrogens is 205 g/mol. The van der Waals surface area contributed by atoms with Gasteiger partial charge in [0.2, 0.25) is 0 Å². The van der Waals surface area contributed by atoms with Gasteiger partial charge in [0.25, 0.3) is 0 Å². The van der Waals surface area contributed by atoms with Gasteiger partial charge in [-0.25, -0.2) is 0 Å². The van der Waals surface area contributed by atoms with Crippen molar-refractivity contribution in [1.82, 2.24) is 0 Å². The highest BCUT2D eigenvalue weighted by atomic mass is 35.5. The molecule has 3 heteroatoms. The van der Waals surface area contributed by atoms with E-state index in [2.05, 4.69) is 0 Å². The van der Waals surface area contributed by atoms with Crippen LogP contribution >= 0.6 is 23.2 Å². The summed E-state index contributed by atoms with van der Waals surface area (Å²) in [6.07, 6.45) is 2.11. The van der Waals surface area contributed by atoms with E-state index in [1.54, 1.807) is 0 Å². The van der Waals surface area contributed by atoms with Gasteiger partial charge in [0.15, 0.2) is 0 Å². The van der Waals surface area contributed by atoms with Crippen LogP contribution in [0.2, 0.25) is 10.0 Å². The predicted octanol–water partition coefficient (Wildman–Crippen LogP) is 2.98. The van der Waals surface area contributed by atoms with E-state index in [1.807, 2.05) is 12.1 Å². The fourth-order valence-corrected chi connectivity index (χ4v) is 2.41. The Balaban J connectivity index is 2.50. The van der Waals surface area contributed by atoms with Crippen LogP contribution < -0.4 is 5.73 Å². The van der Waals surface area contributed by atoms with Gasteiger partial charge in [-0.2, -0.15) is 0 Å². The van der Waals surface area contributed by atoms with Gasteiger partial charge in [0.1, 0.15) is 0 Å². The van der Waals surface area contributed by atoms with Crippen molar-refractivity contribution < 1.29 is 0 Å². The van der Waals surface area contributed by atoms with Crippen LogP contribution in [0, 0.1) is 0 Å². The highest BCUT2D eigenvalue weighted by molar-refractivity contribution is 6.42. The Hall–Kier alpha value is -0.240. The van der Waals surface area contributed by atoms with E-state index >= 15 is 0 Å². The van der Waals surface area contributed by atoms with Gasteiger partial charge in [-0.15, -0.1) is 0 Å². The summed E-state index contributed by atoms with van der Waals surface area (Å²) in [5.41, 5.74) is 8.15. The molecule has 0 bridgehead atoms. The van der Waals surface area contributed by atoms with Crippen LogP contribution in [0.3, 0.4) is 0 Å². The van der Waals surface area contributed by atoms with E-state index < -0.39 is 0 Å². The summed E-state index contributed by atoms with van der Waals surface area (Å²) in [5, 5.41) is 1.37. The van der Waals surface area contributed by atoms with Crippen molar-refractivity contribution in [2.75, 3.05) is 6.54 Å². The molecule has 2 N–H and O–H groups in total. The quantitative estimate of drug-likeness (QED) is 0.767. The van der Waals surface area contributed by atoms with Crippen LogP contribution in [-0.2, 0) is 6.42 Å². The first kappa shape index (κ1) is 9.32. The maximum Gasteiger partial charge on any atom is 0.0627 e. The molecule has 1 nitrogen and oxygen atoms in total.